The average Bonchev–Trinajstić information content (AvgIpc) is 1.63. The van der Waals surface area contributed by atoms with Gasteiger partial charge < -0.3 is 0 Å². The predicted octanol–water partition coefficient (Wildman–Crippen LogP) is 3.52. The Morgan fingerprint density at radius 2 is 1.89 bits per heavy atom. The van der Waals surface area contributed by atoms with E-state index in [1.54, 1.807) is 12.2 Å². The van der Waals surface area contributed by atoms with Gasteiger partial charge in [0.25, 0.3) is 0 Å². The van der Waals surface area contributed by atoms with Gasteiger partial charge in [0.15, 0.2) is 0 Å². The average molecular weight is 165 g/mol. The Labute approximate surface area is 66.2 Å². The minimum absolute atomic E-state index is 0.0984. The van der Waals surface area contributed by atoms with E-state index in [1.165, 1.54) is 0 Å². The molecule has 0 aliphatic carbocycles. The number of rotatable bonds is 2. The third-order valence-electron chi connectivity index (χ3n) is 1.01. The van der Waals surface area contributed by atoms with Crippen molar-refractivity contribution in [2.45, 2.75) is 13.8 Å². The third-order valence-corrected chi connectivity index (χ3v) is 1.23. The lowest BCUT2D eigenvalue weighted by Gasteiger charge is -2.12. The van der Waals surface area contributed by atoms with Crippen LogP contribution in [0.2, 0.25) is 0 Å². The summed E-state index contributed by atoms with van der Waals surface area (Å²) in [6.07, 6.45) is 3.53. The fourth-order valence-electron chi connectivity index (χ4n) is 0.340. The van der Waals surface area contributed by atoms with Gasteiger partial charge in [0.05, 0.1) is 0 Å². The van der Waals surface area contributed by atoms with Crippen molar-refractivity contribution in [1.82, 2.24) is 0 Å². The van der Waals surface area contributed by atoms with Crippen LogP contribution in [0.1, 0.15) is 13.8 Å². The van der Waals surface area contributed by atoms with Gasteiger partial charge in [-0.25, -0.2) is 0 Å². The third kappa shape index (κ3) is 4.56. The van der Waals surface area contributed by atoms with Crippen LogP contribution < -0.4 is 0 Å². The van der Waals surface area contributed by atoms with Crippen LogP contribution in [0, 0.1) is 5.41 Å². The van der Waals surface area contributed by atoms with Gasteiger partial charge in [-0.15, -0.1) is 6.58 Å². The van der Waals surface area contributed by atoms with Crippen molar-refractivity contribution in [2.24, 2.45) is 5.41 Å². The maximum absolute atomic E-state index is 5.42. The molecule has 0 amide bonds. The molecule has 9 heavy (non-hydrogen) atoms. The second-order valence-electron chi connectivity index (χ2n) is 2.46. The molecule has 0 aliphatic rings. The van der Waals surface area contributed by atoms with Crippen molar-refractivity contribution in [1.29, 1.82) is 0 Å². The van der Waals surface area contributed by atoms with E-state index < -0.39 is 0 Å². The standard InChI is InChI=1S/C7H10Cl2/c1-4-7(2,3)5-6(8)9/h4-5H,1H2,2-3H3. The molecule has 0 bridgehead atoms. The Kier molecular flexibility index (Phi) is 3.31. The second kappa shape index (κ2) is 3.28. The molecule has 0 unspecified atom stereocenters. The van der Waals surface area contributed by atoms with E-state index in [0.717, 1.165) is 0 Å². The quantitative estimate of drug-likeness (QED) is 0.549. The summed E-state index contributed by atoms with van der Waals surface area (Å²) in [5, 5.41) is 0. The maximum Gasteiger partial charge on any atom is 0.103 e. The van der Waals surface area contributed by atoms with E-state index in [1.807, 2.05) is 13.8 Å². The Bertz CT molecular complexity index is 130. The normalized spacial score (nSPS) is 10.7. The number of halogens is 2. The molecule has 0 heterocycles. The Morgan fingerprint density at radius 3 is 2.00 bits per heavy atom. The predicted molar refractivity (Wildman–Crippen MR) is 43.8 cm³/mol. The fraction of sp³-hybridized carbons (Fsp3) is 0.429. The highest BCUT2D eigenvalue weighted by molar-refractivity contribution is 6.55. The molecule has 0 radical (unpaired) electrons. The van der Waals surface area contributed by atoms with E-state index >= 15 is 0 Å². The molecule has 0 atom stereocenters. The Morgan fingerprint density at radius 1 is 1.44 bits per heavy atom. The van der Waals surface area contributed by atoms with E-state index in [-0.39, 0.29) is 5.41 Å². The van der Waals surface area contributed by atoms with Gasteiger partial charge in [0, 0.05) is 5.41 Å². The lowest BCUT2D eigenvalue weighted by atomic mass is 9.95. The van der Waals surface area contributed by atoms with Crippen molar-refractivity contribution in [2.75, 3.05) is 0 Å². The van der Waals surface area contributed by atoms with Crippen LogP contribution in [0.3, 0.4) is 0 Å². The summed E-state index contributed by atoms with van der Waals surface area (Å²) in [6.45, 7) is 7.58. The smallest absolute Gasteiger partial charge is 0.102 e. The van der Waals surface area contributed by atoms with E-state index in [4.69, 9.17) is 23.2 Å². The van der Waals surface area contributed by atoms with E-state index in [2.05, 4.69) is 6.58 Å². The largest absolute Gasteiger partial charge is 0.103 e. The molecular formula is C7H10Cl2. The lowest BCUT2D eigenvalue weighted by Crippen LogP contribution is -2.00. The van der Waals surface area contributed by atoms with Crippen LogP contribution in [0.15, 0.2) is 23.2 Å². The first-order chi connectivity index (χ1) is 3.98. The van der Waals surface area contributed by atoms with Crippen molar-refractivity contribution in [3.63, 3.8) is 0 Å². The first-order valence-corrected chi connectivity index (χ1v) is 3.41. The lowest BCUT2D eigenvalue weighted by molar-refractivity contribution is 0.628. The van der Waals surface area contributed by atoms with Crippen LogP contribution in [-0.2, 0) is 0 Å². The molecule has 0 rings (SSSR count). The van der Waals surface area contributed by atoms with E-state index in [9.17, 15) is 0 Å². The van der Waals surface area contributed by atoms with Crippen molar-refractivity contribution in [3.8, 4) is 0 Å². The topological polar surface area (TPSA) is 0 Å². The van der Waals surface area contributed by atoms with Crippen molar-refractivity contribution >= 4 is 23.2 Å². The molecule has 0 N–H and O–H groups in total. The van der Waals surface area contributed by atoms with E-state index in [0.29, 0.717) is 4.49 Å². The summed E-state index contributed by atoms with van der Waals surface area (Å²) in [6, 6.07) is 0. The Balaban J connectivity index is 4.18. The van der Waals surface area contributed by atoms with Gasteiger partial charge in [0.2, 0.25) is 0 Å². The highest BCUT2D eigenvalue weighted by Crippen LogP contribution is 2.23. The highest BCUT2D eigenvalue weighted by atomic mass is 35.5. The SMILES string of the molecule is C=CC(C)(C)C=C(Cl)Cl. The van der Waals surface area contributed by atoms with Crippen LogP contribution in [0.5, 0.6) is 0 Å². The van der Waals surface area contributed by atoms with Gasteiger partial charge in [-0.05, 0) is 6.08 Å². The zero-order valence-electron chi connectivity index (χ0n) is 5.62. The van der Waals surface area contributed by atoms with Gasteiger partial charge in [-0.3, -0.25) is 0 Å². The summed E-state index contributed by atoms with van der Waals surface area (Å²) in [4.78, 5) is 0. The summed E-state index contributed by atoms with van der Waals surface area (Å²) in [5.74, 6) is 0. The molecule has 0 saturated heterocycles. The molecular weight excluding hydrogens is 155 g/mol. The monoisotopic (exact) mass is 164 g/mol. The number of hydrogen-bond donors (Lipinski definition) is 0. The summed E-state index contributed by atoms with van der Waals surface area (Å²) < 4.78 is 0.292. The number of hydrogen-bond acceptors (Lipinski definition) is 0. The van der Waals surface area contributed by atoms with Gasteiger partial charge in [-0.2, -0.15) is 0 Å². The van der Waals surface area contributed by atoms with Crippen LogP contribution in [-0.4, -0.2) is 0 Å². The zero-order valence-corrected chi connectivity index (χ0v) is 7.13. The van der Waals surface area contributed by atoms with Gasteiger partial charge in [-0.1, -0.05) is 43.1 Å². The molecule has 52 valence electrons. The van der Waals surface area contributed by atoms with Crippen molar-refractivity contribution in [3.05, 3.63) is 23.2 Å². The highest BCUT2D eigenvalue weighted by Gasteiger charge is 2.08. The van der Waals surface area contributed by atoms with Crippen LogP contribution in [0.25, 0.3) is 0 Å². The summed E-state index contributed by atoms with van der Waals surface area (Å²) in [7, 11) is 0. The zero-order chi connectivity index (χ0) is 7.49. The minimum Gasteiger partial charge on any atom is -0.102 e. The fourth-order valence-corrected chi connectivity index (χ4v) is 0.903. The number of allylic oxidation sites excluding steroid dienone is 2. The van der Waals surface area contributed by atoms with Gasteiger partial charge in [0.1, 0.15) is 4.49 Å². The summed E-state index contributed by atoms with van der Waals surface area (Å²) >= 11 is 10.8. The molecule has 0 spiro atoms. The first-order valence-electron chi connectivity index (χ1n) is 2.65. The molecule has 0 aromatic heterocycles. The second-order valence-corrected chi connectivity index (χ2v) is 3.47. The molecule has 0 aromatic rings. The first kappa shape index (κ1) is 9.06. The summed E-state index contributed by atoms with van der Waals surface area (Å²) in [5.41, 5.74) is -0.0984. The molecule has 0 nitrogen and oxygen atoms in total. The van der Waals surface area contributed by atoms with Gasteiger partial charge >= 0.3 is 0 Å². The molecule has 0 saturated carbocycles. The minimum atomic E-state index is -0.0984. The maximum atomic E-state index is 5.42. The van der Waals surface area contributed by atoms with Crippen LogP contribution >= 0.6 is 23.2 Å². The molecule has 0 aromatic carbocycles. The molecule has 0 fully saturated rings. The Hall–Kier alpha value is 0.0600. The molecule has 2 heteroatoms. The molecule has 0 aliphatic heterocycles. The van der Waals surface area contributed by atoms with Crippen molar-refractivity contribution < 1.29 is 0 Å². The van der Waals surface area contributed by atoms with Crippen LogP contribution in [0.4, 0.5) is 0 Å².